The summed E-state index contributed by atoms with van der Waals surface area (Å²) in [7, 11) is 0. The Balaban J connectivity index is 2.18. The first kappa shape index (κ1) is 7.11. The van der Waals surface area contributed by atoms with Crippen LogP contribution >= 0.6 is 11.3 Å². The molecule has 0 radical (unpaired) electrons. The first-order valence-corrected chi connectivity index (χ1v) is 4.94. The van der Waals surface area contributed by atoms with Crippen molar-refractivity contribution >= 4 is 17.4 Å². The molecule has 1 aromatic heterocycles. The topological polar surface area (TPSA) is 0 Å². The normalized spacial score (nSPS) is 17.9. The van der Waals surface area contributed by atoms with E-state index < -0.39 is 0 Å². The lowest BCUT2D eigenvalue weighted by atomic mass is 10.3. The summed E-state index contributed by atoms with van der Waals surface area (Å²) in [5, 5.41) is 0. The van der Waals surface area contributed by atoms with Crippen LogP contribution in [-0.4, -0.2) is 0 Å². The Kier molecular flexibility index (Phi) is 1.82. The summed E-state index contributed by atoms with van der Waals surface area (Å²) >= 11 is 1.94. The second-order valence-corrected chi connectivity index (χ2v) is 4.16. The number of allylic oxidation sites excluding steroid dienone is 1. The third-order valence-corrected chi connectivity index (χ3v) is 3.17. The van der Waals surface area contributed by atoms with Crippen molar-refractivity contribution in [1.29, 1.82) is 0 Å². The Bertz CT molecular complexity index is 266. The maximum atomic E-state index is 2.28. The summed E-state index contributed by atoms with van der Waals surface area (Å²) in [4.78, 5) is 2.98. The van der Waals surface area contributed by atoms with Gasteiger partial charge in [0.1, 0.15) is 0 Å². The van der Waals surface area contributed by atoms with Crippen LogP contribution in [0.5, 0.6) is 0 Å². The van der Waals surface area contributed by atoms with Crippen LogP contribution in [-0.2, 0) is 0 Å². The van der Waals surface area contributed by atoms with Crippen molar-refractivity contribution in [2.75, 3.05) is 0 Å². The predicted molar refractivity (Wildman–Crippen MR) is 51.0 cm³/mol. The summed E-state index contributed by atoms with van der Waals surface area (Å²) in [6.45, 7) is 2.07. The molecule has 1 heteroatoms. The number of thiophene rings is 1. The van der Waals surface area contributed by atoms with Crippen molar-refractivity contribution in [3.63, 3.8) is 0 Å². The van der Waals surface area contributed by atoms with E-state index in [2.05, 4.69) is 31.2 Å². The van der Waals surface area contributed by atoms with E-state index in [0.29, 0.717) is 0 Å². The molecule has 0 spiro atoms. The van der Waals surface area contributed by atoms with Gasteiger partial charge in [0.25, 0.3) is 0 Å². The fourth-order valence-electron chi connectivity index (χ4n) is 1.21. The van der Waals surface area contributed by atoms with Gasteiger partial charge < -0.3 is 0 Å². The molecule has 1 fully saturated rings. The van der Waals surface area contributed by atoms with Crippen LogP contribution in [0.1, 0.15) is 35.4 Å². The number of hydrogen-bond acceptors (Lipinski definition) is 1. The van der Waals surface area contributed by atoms with Gasteiger partial charge in [-0.05, 0) is 43.9 Å². The minimum Gasteiger partial charge on any atom is -0.141 e. The third-order valence-electron chi connectivity index (χ3n) is 1.96. The second-order valence-electron chi connectivity index (χ2n) is 3.01. The van der Waals surface area contributed by atoms with E-state index >= 15 is 0 Å². The van der Waals surface area contributed by atoms with Crippen LogP contribution in [0.3, 0.4) is 0 Å². The molecular weight excluding hydrogens is 152 g/mol. The van der Waals surface area contributed by atoms with Gasteiger partial charge in [-0.25, -0.2) is 0 Å². The summed E-state index contributed by atoms with van der Waals surface area (Å²) in [6, 6.07) is 4.50. The molecule has 11 heavy (non-hydrogen) atoms. The lowest BCUT2D eigenvalue weighted by molar-refractivity contribution is 1.18. The molecule has 0 aliphatic heterocycles. The van der Waals surface area contributed by atoms with E-state index in [4.69, 9.17) is 0 Å². The molecule has 1 aliphatic carbocycles. The highest BCUT2D eigenvalue weighted by molar-refractivity contribution is 7.13. The molecule has 2 rings (SSSR count). The maximum Gasteiger partial charge on any atom is 0.0270 e. The average molecular weight is 164 g/mol. The van der Waals surface area contributed by atoms with Crippen LogP contribution in [0.2, 0.25) is 0 Å². The van der Waals surface area contributed by atoms with E-state index in [9.17, 15) is 0 Å². The Hall–Kier alpha value is -0.560. The SMILES string of the molecule is CC=Cc1ccc(C2CC2)s1. The van der Waals surface area contributed by atoms with Crippen molar-refractivity contribution in [1.82, 2.24) is 0 Å². The first-order chi connectivity index (χ1) is 5.40. The van der Waals surface area contributed by atoms with Gasteiger partial charge in [0.2, 0.25) is 0 Å². The maximum absolute atomic E-state index is 2.28. The largest absolute Gasteiger partial charge is 0.141 e. The zero-order valence-corrected chi connectivity index (χ0v) is 7.53. The van der Waals surface area contributed by atoms with E-state index in [-0.39, 0.29) is 0 Å². The van der Waals surface area contributed by atoms with Crippen LogP contribution in [0.15, 0.2) is 18.2 Å². The van der Waals surface area contributed by atoms with Crippen molar-refractivity contribution in [2.45, 2.75) is 25.7 Å². The van der Waals surface area contributed by atoms with Crippen molar-refractivity contribution in [3.05, 3.63) is 28.0 Å². The van der Waals surface area contributed by atoms with E-state index in [1.165, 1.54) is 17.7 Å². The summed E-state index contributed by atoms with van der Waals surface area (Å²) in [6.07, 6.45) is 7.10. The smallest absolute Gasteiger partial charge is 0.0270 e. The molecule has 0 N–H and O–H groups in total. The average Bonchev–Trinajstić information content (AvgIpc) is 2.75. The van der Waals surface area contributed by atoms with Crippen LogP contribution < -0.4 is 0 Å². The highest BCUT2D eigenvalue weighted by atomic mass is 32.1. The molecule has 1 saturated carbocycles. The van der Waals surface area contributed by atoms with Crippen molar-refractivity contribution in [3.8, 4) is 0 Å². The highest BCUT2D eigenvalue weighted by Crippen LogP contribution is 2.43. The second kappa shape index (κ2) is 2.82. The Morgan fingerprint density at radius 2 is 2.27 bits per heavy atom. The standard InChI is InChI=1S/C10H12S/c1-2-3-9-6-7-10(11-9)8-4-5-8/h2-3,6-8H,4-5H2,1H3. The lowest BCUT2D eigenvalue weighted by Crippen LogP contribution is -1.63. The minimum absolute atomic E-state index is 0.916. The Morgan fingerprint density at radius 3 is 2.91 bits per heavy atom. The molecule has 0 unspecified atom stereocenters. The van der Waals surface area contributed by atoms with Crippen LogP contribution in [0, 0.1) is 0 Å². The van der Waals surface area contributed by atoms with E-state index in [1.54, 1.807) is 4.88 Å². The Morgan fingerprint density at radius 1 is 1.45 bits per heavy atom. The predicted octanol–water partition coefficient (Wildman–Crippen LogP) is 3.66. The summed E-state index contributed by atoms with van der Waals surface area (Å²) in [5.41, 5.74) is 0. The van der Waals surface area contributed by atoms with Gasteiger partial charge in [-0.15, -0.1) is 11.3 Å². The molecule has 1 aliphatic rings. The van der Waals surface area contributed by atoms with Gasteiger partial charge in [-0.2, -0.15) is 0 Å². The zero-order chi connectivity index (χ0) is 7.68. The van der Waals surface area contributed by atoms with Crippen molar-refractivity contribution < 1.29 is 0 Å². The highest BCUT2D eigenvalue weighted by Gasteiger charge is 2.24. The Labute approximate surface area is 71.6 Å². The molecule has 0 saturated heterocycles. The fourth-order valence-corrected chi connectivity index (χ4v) is 2.36. The fraction of sp³-hybridized carbons (Fsp3) is 0.400. The zero-order valence-electron chi connectivity index (χ0n) is 6.71. The molecule has 0 aromatic carbocycles. The van der Waals surface area contributed by atoms with Crippen LogP contribution in [0.4, 0.5) is 0 Å². The van der Waals surface area contributed by atoms with Crippen molar-refractivity contribution in [2.24, 2.45) is 0 Å². The van der Waals surface area contributed by atoms with Crippen LogP contribution in [0.25, 0.3) is 6.08 Å². The van der Waals surface area contributed by atoms with Gasteiger partial charge in [0, 0.05) is 9.75 Å². The van der Waals surface area contributed by atoms with Gasteiger partial charge in [0.15, 0.2) is 0 Å². The molecule has 0 amide bonds. The summed E-state index contributed by atoms with van der Waals surface area (Å²) in [5.74, 6) is 0.916. The lowest BCUT2D eigenvalue weighted by Gasteiger charge is -1.85. The molecule has 0 nitrogen and oxygen atoms in total. The van der Waals surface area contributed by atoms with E-state index in [0.717, 1.165) is 5.92 Å². The third kappa shape index (κ3) is 1.54. The minimum atomic E-state index is 0.916. The van der Waals surface area contributed by atoms with Gasteiger partial charge >= 0.3 is 0 Å². The number of rotatable bonds is 2. The summed E-state index contributed by atoms with van der Waals surface area (Å²) < 4.78 is 0. The molecular formula is C10H12S. The first-order valence-electron chi connectivity index (χ1n) is 4.12. The van der Waals surface area contributed by atoms with E-state index in [1.807, 2.05) is 11.3 Å². The van der Waals surface area contributed by atoms with Gasteiger partial charge in [-0.1, -0.05) is 6.08 Å². The van der Waals surface area contributed by atoms with Gasteiger partial charge in [0.05, 0.1) is 0 Å². The number of hydrogen-bond donors (Lipinski definition) is 0. The quantitative estimate of drug-likeness (QED) is 0.625. The molecule has 58 valence electrons. The molecule has 0 atom stereocenters. The monoisotopic (exact) mass is 164 g/mol. The molecule has 1 aromatic rings. The molecule has 1 heterocycles. The molecule has 0 bridgehead atoms. The van der Waals surface area contributed by atoms with Gasteiger partial charge in [-0.3, -0.25) is 0 Å².